The number of aryl methyl sites for hydroxylation is 1. The van der Waals surface area contributed by atoms with E-state index in [1.165, 1.54) is 24.0 Å². The van der Waals surface area contributed by atoms with Crippen molar-refractivity contribution in [3.8, 4) is 22.4 Å². The van der Waals surface area contributed by atoms with E-state index in [4.69, 9.17) is 9.26 Å². The highest BCUT2D eigenvalue weighted by Crippen LogP contribution is 2.40. The van der Waals surface area contributed by atoms with E-state index in [9.17, 15) is 4.79 Å². The summed E-state index contributed by atoms with van der Waals surface area (Å²) in [5.74, 6) is 1.31. The molecule has 1 amide bonds. The minimum Gasteiger partial charge on any atom is -0.450 e. The van der Waals surface area contributed by atoms with Crippen LogP contribution in [-0.4, -0.2) is 17.9 Å². The summed E-state index contributed by atoms with van der Waals surface area (Å²) in [4.78, 5) is 11.8. The molecule has 0 saturated heterocycles. The zero-order chi connectivity index (χ0) is 18.8. The van der Waals surface area contributed by atoms with E-state index in [1.807, 2.05) is 12.1 Å². The largest absolute Gasteiger partial charge is 0.450 e. The molecule has 2 aromatic carbocycles. The molecule has 5 heteroatoms. The van der Waals surface area contributed by atoms with Crippen LogP contribution in [0.25, 0.3) is 22.4 Å². The number of rotatable bonds is 5. The fourth-order valence-electron chi connectivity index (χ4n) is 3.17. The van der Waals surface area contributed by atoms with Gasteiger partial charge in [0.15, 0.2) is 5.76 Å². The number of benzene rings is 2. The molecule has 27 heavy (non-hydrogen) atoms. The van der Waals surface area contributed by atoms with Gasteiger partial charge in [0.05, 0.1) is 6.61 Å². The molecule has 0 bridgehead atoms. The zero-order valence-electron chi connectivity index (χ0n) is 15.5. The number of nitrogens with one attached hydrogen (secondary N) is 1. The first-order valence-corrected chi connectivity index (χ1v) is 9.26. The minimum absolute atomic E-state index is 0.305. The Kier molecular flexibility index (Phi) is 4.67. The van der Waals surface area contributed by atoms with E-state index >= 15 is 0 Å². The van der Waals surface area contributed by atoms with Gasteiger partial charge in [-0.25, -0.2) is 4.79 Å². The summed E-state index contributed by atoms with van der Waals surface area (Å²) in [6, 6.07) is 16.9. The van der Waals surface area contributed by atoms with Crippen LogP contribution in [0.4, 0.5) is 10.5 Å². The van der Waals surface area contributed by atoms with E-state index < -0.39 is 6.09 Å². The second-order valence-corrected chi connectivity index (χ2v) is 6.78. The molecule has 4 rings (SSSR count). The van der Waals surface area contributed by atoms with Crippen molar-refractivity contribution in [3.63, 3.8) is 0 Å². The normalized spacial score (nSPS) is 13.4. The molecule has 1 aliphatic carbocycles. The molecular weight excluding hydrogens is 340 g/mol. The highest BCUT2D eigenvalue weighted by Gasteiger charge is 2.23. The standard InChI is InChI=1S/C22H22N2O3/c1-3-26-22(25)23-20-14(2)27-24-21(20)19-12-10-18(11-13-19)17-8-6-16(7-9-17)15-4-5-15/h6-13,15H,3-5H2,1-2H3,(H,23,25). The fourth-order valence-corrected chi connectivity index (χ4v) is 3.17. The SMILES string of the molecule is CCOC(=O)Nc1c(-c2ccc(-c3ccc(C4CC4)cc3)cc2)noc1C. The number of amides is 1. The Morgan fingerprint density at radius 3 is 2.26 bits per heavy atom. The summed E-state index contributed by atoms with van der Waals surface area (Å²) in [5, 5.41) is 6.80. The summed E-state index contributed by atoms with van der Waals surface area (Å²) < 4.78 is 10.2. The van der Waals surface area contributed by atoms with Crippen LogP contribution in [0.2, 0.25) is 0 Å². The predicted octanol–water partition coefficient (Wildman–Crippen LogP) is 5.76. The lowest BCUT2D eigenvalue weighted by molar-refractivity contribution is 0.168. The Morgan fingerprint density at radius 1 is 1.07 bits per heavy atom. The summed E-state index contributed by atoms with van der Waals surface area (Å²) in [7, 11) is 0. The maximum atomic E-state index is 11.8. The molecule has 1 N–H and O–H groups in total. The second kappa shape index (κ2) is 7.27. The topological polar surface area (TPSA) is 64.4 Å². The Hall–Kier alpha value is -3.08. The maximum absolute atomic E-state index is 11.8. The first-order valence-electron chi connectivity index (χ1n) is 9.26. The molecule has 138 valence electrons. The number of nitrogens with zero attached hydrogens (tertiary/aromatic N) is 1. The Morgan fingerprint density at radius 2 is 1.67 bits per heavy atom. The third kappa shape index (κ3) is 3.72. The molecule has 0 aliphatic heterocycles. The molecule has 3 aromatic rings. The van der Waals surface area contributed by atoms with Crippen LogP contribution in [0.3, 0.4) is 0 Å². The van der Waals surface area contributed by atoms with Crippen LogP contribution in [0.15, 0.2) is 53.1 Å². The van der Waals surface area contributed by atoms with Gasteiger partial charge in [0.2, 0.25) is 0 Å². The van der Waals surface area contributed by atoms with Crippen LogP contribution in [-0.2, 0) is 4.74 Å². The van der Waals surface area contributed by atoms with Gasteiger partial charge < -0.3 is 9.26 Å². The molecule has 1 heterocycles. The number of ether oxygens (including phenoxy) is 1. The van der Waals surface area contributed by atoms with Crippen molar-refractivity contribution in [2.75, 3.05) is 11.9 Å². The number of hydrogen-bond donors (Lipinski definition) is 1. The Bertz CT molecular complexity index is 939. The zero-order valence-corrected chi connectivity index (χ0v) is 15.5. The molecule has 1 fully saturated rings. The number of anilines is 1. The van der Waals surface area contributed by atoms with Crippen molar-refractivity contribution >= 4 is 11.8 Å². The second-order valence-electron chi connectivity index (χ2n) is 6.78. The lowest BCUT2D eigenvalue weighted by atomic mass is 10.00. The molecule has 0 radical (unpaired) electrons. The van der Waals surface area contributed by atoms with Crippen LogP contribution >= 0.6 is 0 Å². The molecule has 5 nitrogen and oxygen atoms in total. The van der Waals surface area contributed by atoms with Gasteiger partial charge >= 0.3 is 6.09 Å². The van der Waals surface area contributed by atoms with Crippen molar-refractivity contribution in [2.45, 2.75) is 32.6 Å². The number of hydrogen-bond acceptors (Lipinski definition) is 4. The highest BCUT2D eigenvalue weighted by atomic mass is 16.5. The summed E-state index contributed by atoms with van der Waals surface area (Å²) in [5.41, 5.74) is 5.76. The van der Waals surface area contributed by atoms with Crippen molar-refractivity contribution in [2.24, 2.45) is 0 Å². The van der Waals surface area contributed by atoms with Gasteiger partial charge in [-0.1, -0.05) is 53.7 Å². The Labute approximate surface area is 158 Å². The van der Waals surface area contributed by atoms with Crippen molar-refractivity contribution in [1.29, 1.82) is 0 Å². The Balaban J connectivity index is 1.56. The van der Waals surface area contributed by atoms with Crippen molar-refractivity contribution < 1.29 is 14.1 Å². The van der Waals surface area contributed by atoms with Gasteiger partial charge in [-0.05, 0) is 49.3 Å². The monoisotopic (exact) mass is 362 g/mol. The number of carbonyl (C=O) groups is 1. The molecule has 1 aliphatic rings. The molecule has 0 atom stereocenters. The maximum Gasteiger partial charge on any atom is 0.411 e. The average Bonchev–Trinajstić information content (AvgIpc) is 3.48. The smallest absolute Gasteiger partial charge is 0.411 e. The first kappa shape index (κ1) is 17.3. The number of aromatic nitrogens is 1. The van der Waals surface area contributed by atoms with E-state index in [0.29, 0.717) is 23.7 Å². The first-order chi connectivity index (χ1) is 13.2. The van der Waals surface area contributed by atoms with Gasteiger partial charge in [0.1, 0.15) is 11.4 Å². The van der Waals surface area contributed by atoms with Crippen molar-refractivity contribution in [3.05, 3.63) is 59.9 Å². The molecule has 1 saturated carbocycles. The molecule has 1 aromatic heterocycles. The van der Waals surface area contributed by atoms with Gasteiger partial charge in [-0.15, -0.1) is 0 Å². The third-order valence-electron chi connectivity index (χ3n) is 4.82. The average molecular weight is 362 g/mol. The molecule has 0 unspecified atom stereocenters. The molecule has 0 spiro atoms. The summed E-state index contributed by atoms with van der Waals surface area (Å²) in [6.45, 7) is 3.82. The van der Waals surface area contributed by atoms with Crippen LogP contribution in [0.5, 0.6) is 0 Å². The number of carbonyl (C=O) groups excluding carboxylic acids is 1. The third-order valence-corrected chi connectivity index (χ3v) is 4.82. The predicted molar refractivity (Wildman–Crippen MR) is 105 cm³/mol. The van der Waals surface area contributed by atoms with Crippen LogP contribution in [0, 0.1) is 6.92 Å². The quantitative estimate of drug-likeness (QED) is 0.626. The van der Waals surface area contributed by atoms with E-state index in [2.05, 4.69) is 46.9 Å². The van der Waals surface area contributed by atoms with Gasteiger partial charge in [-0.2, -0.15) is 0 Å². The lowest BCUT2D eigenvalue weighted by Crippen LogP contribution is -2.14. The highest BCUT2D eigenvalue weighted by molar-refractivity contribution is 5.91. The van der Waals surface area contributed by atoms with E-state index in [0.717, 1.165) is 17.0 Å². The van der Waals surface area contributed by atoms with Crippen LogP contribution < -0.4 is 5.32 Å². The van der Waals surface area contributed by atoms with Crippen molar-refractivity contribution in [1.82, 2.24) is 5.16 Å². The minimum atomic E-state index is -0.516. The van der Waals surface area contributed by atoms with Crippen LogP contribution in [0.1, 0.15) is 37.0 Å². The van der Waals surface area contributed by atoms with Gasteiger partial charge in [0.25, 0.3) is 0 Å². The lowest BCUT2D eigenvalue weighted by Gasteiger charge is -2.07. The van der Waals surface area contributed by atoms with E-state index in [-0.39, 0.29) is 0 Å². The van der Waals surface area contributed by atoms with Gasteiger partial charge in [0, 0.05) is 5.56 Å². The fraction of sp³-hybridized carbons (Fsp3) is 0.273. The molecular formula is C22H22N2O3. The van der Waals surface area contributed by atoms with E-state index in [1.54, 1.807) is 13.8 Å². The summed E-state index contributed by atoms with van der Waals surface area (Å²) in [6.07, 6.45) is 2.11. The van der Waals surface area contributed by atoms with Gasteiger partial charge in [-0.3, -0.25) is 5.32 Å². The summed E-state index contributed by atoms with van der Waals surface area (Å²) >= 11 is 0.